The molecule has 0 N–H and O–H groups in total. The van der Waals surface area contributed by atoms with Crippen molar-refractivity contribution in [3.63, 3.8) is 0 Å². The maximum atomic E-state index is 11.8. The Morgan fingerprint density at radius 3 is 2.59 bits per heavy atom. The molecule has 5 nitrogen and oxygen atoms in total. The lowest BCUT2D eigenvalue weighted by atomic mass is 10.1. The number of nitrogens with zero attached hydrogens (tertiary/aromatic N) is 1. The number of ether oxygens (including phenoxy) is 1. The lowest BCUT2D eigenvalue weighted by Crippen LogP contribution is -2.23. The van der Waals surface area contributed by atoms with Crippen molar-refractivity contribution in [3.05, 3.63) is 29.6 Å². The number of pyridine rings is 1. The summed E-state index contributed by atoms with van der Waals surface area (Å²) in [7, 11) is -2.01. The number of hydrogen-bond acceptors (Lipinski definition) is 5. The molecule has 6 heteroatoms. The van der Waals surface area contributed by atoms with E-state index in [9.17, 15) is 13.2 Å². The molecule has 0 aromatic carbocycles. The van der Waals surface area contributed by atoms with Crippen molar-refractivity contribution in [1.29, 1.82) is 0 Å². The van der Waals surface area contributed by atoms with Gasteiger partial charge in [-0.2, -0.15) is 0 Å². The molecule has 0 unspecified atom stereocenters. The van der Waals surface area contributed by atoms with Crippen molar-refractivity contribution in [1.82, 2.24) is 4.98 Å². The first-order chi connectivity index (χ1) is 7.92. The molecule has 1 aromatic heterocycles. The van der Waals surface area contributed by atoms with Gasteiger partial charge >= 0.3 is 5.97 Å². The highest BCUT2D eigenvalue weighted by Gasteiger charge is 2.55. The minimum atomic E-state index is -3.26. The fourth-order valence-electron chi connectivity index (χ4n) is 1.99. The third-order valence-corrected chi connectivity index (χ3v) is 5.14. The first-order valence-electron chi connectivity index (χ1n) is 5.16. The Morgan fingerprint density at radius 1 is 1.47 bits per heavy atom. The van der Waals surface area contributed by atoms with Crippen LogP contribution in [0.15, 0.2) is 18.3 Å². The Balaban J connectivity index is 2.58. The van der Waals surface area contributed by atoms with Gasteiger partial charge < -0.3 is 4.74 Å². The molecule has 0 saturated heterocycles. The van der Waals surface area contributed by atoms with E-state index in [1.807, 2.05) is 0 Å². The Labute approximate surface area is 99.7 Å². The van der Waals surface area contributed by atoms with Gasteiger partial charge in [0.25, 0.3) is 0 Å². The number of hydrogen-bond donors (Lipinski definition) is 0. The third kappa shape index (κ3) is 1.82. The second-order valence-corrected chi connectivity index (χ2v) is 6.48. The predicted octanol–water partition coefficient (Wildman–Crippen LogP) is 0.902. The fourth-order valence-corrected chi connectivity index (χ4v) is 3.39. The van der Waals surface area contributed by atoms with Crippen LogP contribution in [0.3, 0.4) is 0 Å². The van der Waals surface area contributed by atoms with Crippen LogP contribution in [-0.4, -0.2) is 32.7 Å². The summed E-state index contributed by atoms with van der Waals surface area (Å²) in [6.07, 6.45) is 3.70. The van der Waals surface area contributed by atoms with Crippen LogP contribution in [0, 0.1) is 0 Å². The molecule has 17 heavy (non-hydrogen) atoms. The van der Waals surface area contributed by atoms with Gasteiger partial charge in [0, 0.05) is 18.0 Å². The lowest BCUT2D eigenvalue weighted by Gasteiger charge is -2.15. The summed E-state index contributed by atoms with van der Waals surface area (Å²) < 4.78 is 27.3. The van der Waals surface area contributed by atoms with E-state index in [1.165, 1.54) is 19.6 Å². The zero-order valence-corrected chi connectivity index (χ0v) is 10.5. The molecule has 1 saturated carbocycles. The average molecular weight is 255 g/mol. The van der Waals surface area contributed by atoms with E-state index in [-0.39, 0.29) is 5.69 Å². The van der Waals surface area contributed by atoms with Crippen molar-refractivity contribution < 1.29 is 17.9 Å². The molecule has 1 aliphatic rings. The van der Waals surface area contributed by atoms with Crippen LogP contribution >= 0.6 is 0 Å². The molecule has 0 aliphatic heterocycles. The monoisotopic (exact) mass is 255 g/mol. The number of sulfone groups is 1. The van der Waals surface area contributed by atoms with E-state index in [4.69, 9.17) is 0 Å². The second-order valence-electron chi connectivity index (χ2n) is 4.16. The summed E-state index contributed by atoms with van der Waals surface area (Å²) >= 11 is 0. The maximum Gasteiger partial charge on any atom is 0.356 e. The summed E-state index contributed by atoms with van der Waals surface area (Å²) in [5, 5.41) is 0. The van der Waals surface area contributed by atoms with Gasteiger partial charge in [-0.25, -0.2) is 18.2 Å². The third-order valence-electron chi connectivity index (χ3n) is 3.09. The highest BCUT2D eigenvalue weighted by atomic mass is 32.2. The highest BCUT2D eigenvalue weighted by Crippen LogP contribution is 2.53. The molecule has 1 aliphatic carbocycles. The van der Waals surface area contributed by atoms with E-state index in [2.05, 4.69) is 9.72 Å². The molecule has 0 spiro atoms. The smallest absolute Gasteiger partial charge is 0.356 e. The summed E-state index contributed by atoms with van der Waals surface area (Å²) in [6.45, 7) is 0. The standard InChI is InChI=1S/C11H13NO4S/c1-16-10(13)9-8(4-3-7-12-9)11(5-6-11)17(2,14)15/h3-4,7H,5-6H2,1-2H3. The topological polar surface area (TPSA) is 73.3 Å². The van der Waals surface area contributed by atoms with Gasteiger partial charge in [-0.1, -0.05) is 6.07 Å². The van der Waals surface area contributed by atoms with E-state index in [0.29, 0.717) is 18.4 Å². The first kappa shape index (κ1) is 12.0. The molecule has 0 radical (unpaired) electrons. The minimum Gasteiger partial charge on any atom is -0.464 e. The Morgan fingerprint density at radius 2 is 2.12 bits per heavy atom. The Kier molecular flexibility index (Phi) is 2.69. The molecule has 1 heterocycles. The van der Waals surface area contributed by atoms with Crippen LogP contribution in [0.4, 0.5) is 0 Å². The SMILES string of the molecule is COC(=O)c1ncccc1C1(S(C)(=O)=O)CC1. The number of carbonyl (C=O) groups is 1. The number of esters is 1. The Bertz CT molecular complexity index is 561. The van der Waals surface area contributed by atoms with Crippen LogP contribution < -0.4 is 0 Å². The summed E-state index contributed by atoms with van der Waals surface area (Å²) in [5.41, 5.74) is 0.548. The maximum absolute atomic E-state index is 11.8. The molecule has 1 fully saturated rings. The van der Waals surface area contributed by atoms with E-state index < -0.39 is 20.6 Å². The molecule has 1 aromatic rings. The van der Waals surface area contributed by atoms with Crippen molar-refractivity contribution >= 4 is 15.8 Å². The van der Waals surface area contributed by atoms with E-state index >= 15 is 0 Å². The van der Waals surface area contributed by atoms with Gasteiger partial charge in [-0.3, -0.25) is 0 Å². The molecule has 2 rings (SSSR count). The zero-order chi connectivity index (χ0) is 12.7. The van der Waals surface area contributed by atoms with Gasteiger partial charge in [0.05, 0.1) is 11.9 Å². The summed E-state index contributed by atoms with van der Waals surface area (Å²) in [5.74, 6) is -0.601. The molecular weight excluding hydrogens is 242 g/mol. The van der Waals surface area contributed by atoms with Gasteiger partial charge in [0.15, 0.2) is 15.5 Å². The molecule has 92 valence electrons. The van der Waals surface area contributed by atoms with Crippen molar-refractivity contribution in [2.45, 2.75) is 17.6 Å². The largest absolute Gasteiger partial charge is 0.464 e. The summed E-state index contributed by atoms with van der Waals surface area (Å²) in [4.78, 5) is 15.5. The lowest BCUT2D eigenvalue weighted by molar-refractivity contribution is 0.0592. The van der Waals surface area contributed by atoms with Crippen LogP contribution in [0.25, 0.3) is 0 Å². The number of methoxy groups -OCH3 is 1. The predicted molar refractivity (Wildman–Crippen MR) is 61.3 cm³/mol. The Hall–Kier alpha value is -1.43. The number of aromatic nitrogens is 1. The van der Waals surface area contributed by atoms with E-state index in [0.717, 1.165) is 0 Å². The molecule has 0 amide bonds. The van der Waals surface area contributed by atoms with Gasteiger partial charge in [0.2, 0.25) is 0 Å². The van der Waals surface area contributed by atoms with Gasteiger partial charge in [-0.15, -0.1) is 0 Å². The van der Waals surface area contributed by atoms with E-state index in [1.54, 1.807) is 12.1 Å². The van der Waals surface area contributed by atoms with Crippen LogP contribution in [0.1, 0.15) is 28.9 Å². The fraction of sp³-hybridized carbons (Fsp3) is 0.455. The molecule has 0 bridgehead atoms. The number of carbonyl (C=O) groups excluding carboxylic acids is 1. The quantitative estimate of drug-likeness (QED) is 0.750. The van der Waals surface area contributed by atoms with Crippen molar-refractivity contribution in [3.8, 4) is 0 Å². The van der Waals surface area contributed by atoms with Crippen LogP contribution in [0.5, 0.6) is 0 Å². The van der Waals surface area contributed by atoms with Gasteiger partial charge in [-0.05, 0) is 18.9 Å². The second kappa shape index (κ2) is 3.80. The van der Waals surface area contributed by atoms with Crippen LogP contribution in [-0.2, 0) is 19.3 Å². The normalized spacial score (nSPS) is 17.5. The molecular formula is C11H13NO4S. The highest BCUT2D eigenvalue weighted by molar-refractivity contribution is 7.92. The first-order valence-corrected chi connectivity index (χ1v) is 7.05. The number of rotatable bonds is 3. The summed E-state index contributed by atoms with van der Waals surface area (Å²) in [6, 6.07) is 3.26. The van der Waals surface area contributed by atoms with Crippen molar-refractivity contribution in [2.75, 3.05) is 13.4 Å². The van der Waals surface area contributed by atoms with Gasteiger partial charge in [0.1, 0.15) is 0 Å². The minimum absolute atomic E-state index is 0.0953. The van der Waals surface area contributed by atoms with Crippen molar-refractivity contribution in [2.24, 2.45) is 0 Å². The van der Waals surface area contributed by atoms with Crippen LogP contribution in [0.2, 0.25) is 0 Å². The average Bonchev–Trinajstić information content (AvgIpc) is 3.08. The zero-order valence-electron chi connectivity index (χ0n) is 9.63. The molecule has 0 atom stereocenters.